The molecular formula is C57H39N3O2. The van der Waals surface area contributed by atoms with Gasteiger partial charge < -0.3 is 8.83 Å². The first-order valence-electron chi connectivity index (χ1n) is 21.7. The smallest absolute Gasteiger partial charge is 0.164 e. The van der Waals surface area contributed by atoms with E-state index in [0.717, 1.165) is 71.7 Å². The van der Waals surface area contributed by atoms with Gasteiger partial charge in [-0.3, -0.25) is 0 Å². The SMILES string of the molecule is c1ccc2c(c1)-c1c(-c3ccc(-c4ccc(-c5nc(-c6cccc7oc8ccccc8c67)nc(-c6cccc7oc8ccccc8c67)n5)cc4)cc3)cccc1C21CCCCC1. The predicted octanol–water partition coefficient (Wildman–Crippen LogP) is 15.2. The Morgan fingerprint density at radius 2 is 0.790 bits per heavy atom. The molecule has 0 bridgehead atoms. The molecule has 8 aromatic carbocycles. The second-order valence-corrected chi connectivity index (χ2v) is 16.9. The number of furan rings is 2. The Kier molecular flexibility index (Phi) is 7.77. The molecule has 0 unspecified atom stereocenters. The lowest BCUT2D eigenvalue weighted by atomic mass is 9.68. The minimum Gasteiger partial charge on any atom is -0.456 e. The highest BCUT2D eigenvalue weighted by Gasteiger charge is 2.44. The summed E-state index contributed by atoms with van der Waals surface area (Å²) < 4.78 is 12.6. The van der Waals surface area contributed by atoms with Crippen molar-refractivity contribution in [2.75, 3.05) is 0 Å². The molecular weight excluding hydrogens is 759 g/mol. The first-order chi connectivity index (χ1) is 30.7. The van der Waals surface area contributed by atoms with Crippen LogP contribution in [0.15, 0.2) is 185 Å². The van der Waals surface area contributed by atoms with Crippen molar-refractivity contribution in [3.8, 4) is 67.5 Å². The monoisotopic (exact) mass is 797 g/mol. The lowest BCUT2D eigenvalue weighted by Gasteiger charge is -2.36. The molecule has 1 saturated carbocycles. The Balaban J connectivity index is 0.904. The van der Waals surface area contributed by atoms with Crippen LogP contribution in [-0.4, -0.2) is 15.0 Å². The van der Waals surface area contributed by atoms with Crippen molar-refractivity contribution < 1.29 is 8.83 Å². The van der Waals surface area contributed by atoms with Gasteiger partial charge in [0.2, 0.25) is 0 Å². The van der Waals surface area contributed by atoms with Crippen molar-refractivity contribution in [1.82, 2.24) is 15.0 Å². The number of aromatic nitrogens is 3. The fraction of sp³-hybridized carbons (Fsp3) is 0.105. The van der Waals surface area contributed by atoms with E-state index in [0.29, 0.717) is 17.5 Å². The van der Waals surface area contributed by atoms with E-state index in [1.165, 1.54) is 65.5 Å². The van der Waals surface area contributed by atoms with Crippen molar-refractivity contribution >= 4 is 43.9 Å². The fourth-order valence-electron chi connectivity index (χ4n) is 10.8. The summed E-state index contributed by atoms with van der Waals surface area (Å²) in [6.45, 7) is 0. The zero-order valence-corrected chi connectivity index (χ0v) is 33.9. The molecule has 1 fully saturated rings. The summed E-state index contributed by atoms with van der Waals surface area (Å²) in [4.78, 5) is 15.6. The fourth-order valence-corrected chi connectivity index (χ4v) is 10.8. The molecule has 5 heteroatoms. The van der Waals surface area contributed by atoms with Crippen LogP contribution < -0.4 is 0 Å². The molecule has 0 aliphatic heterocycles. The van der Waals surface area contributed by atoms with E-state index in [1.54, 1.807) is 0 Å². The van der Waals surface area contributed by atoms with Gasteiger partial charge in [-0.25, -0.2) is 15.0 Å². The molecule has 0 amide bonds. The predicted molar refractivity (Wildman–Crippen MR) is 251 cm³/mol. The maximum atomic E-state index is 6.30. The molecule has 0 N–H and O–H groups in total. The zero-order chi connectivity index (χ0) is 40.8. The second kappa shape index (κ2) is 13.7. The third kappa shape index (κ3) is 5.31. The Morgan fingerprint density at radius 3 is 1.42 bits per heavy atom. The summed E-state index contributed by atoms with van der Waals surface area (Å²) in [7, 11) is 0. The van der Waals surface area contributed by atoms with Gasteiger partial charge in [-0.15, -0.1) is 0 Å². The van der Waals surface area contributed by atoms with Gasteiger partial charge in [-0.05, 0) is 81.6 Å². The van der Waals surface area contributed by atoms with Gasteiger partial charge in [0.05, 0.1) is 0 Å². The summed E-state index contributed by atoms with van der Waals surface area (Å²) in [5, 5.41) is 4.01. The van der Waals surface area contributed by atoms with E-state index in [4.69, 9.17) is 23.8 Å². The van der Waals surface area contributed by atoms with E-state index in [9.17, 15) is 0 Å². The Hall–Kier alpha value is -7.63. The minimum atomic E-state index is 0.143. The molecule has 0 saturated heterocycles. The van der Waals surface area contributed by atoms with Crippen LogP contribution in [0.4, 0.5) is 0 Å². The van der Waals surface area contributed by atoms with E-state index in [1.807, 2.05) is 60.7 Å². The molecule has 13 rings (SSSR count). The van der Waals surface area contributed by atoms with Crippen LogP contribution in [0.2, 0.25) is 0 Å². The summed E-state index contributed by atoms with van der Waals surface area (Å²) in [6, 6.07) is 62.3. The van der Waals surface area contributed by atoms with E-state index in [-0.39, 0.29) is 5.41 Å². The van der Waals surface area contributed by atoms with Gasteiger partial charge in [0, 0.05) is 43.7 Å². The van der Waals surface area contributed by atoms with Crippen LogP contribution >= 0.6 is 0 Å². The summed E-state index contributed by atoms with van der Waals surface area (Å²) in [5.41, 5.74) is 16.8. The van der Waals surface area contributed by atoms with Crippen molar-refractivity contribution in [3.63, 3.8) is 0 Å². The maximum Gasteiger partial charge on any atom is 0.164 e. The summed E-state index contributed by atoms with van der Waals surface area (Å²) in [5.74, 6) is 1.75. The molecule has 2 aliphatic rings. The highest BCUT2D eigenvalue weighted by atomic mass is 16.3. The van der Waals surface area contributed by atoms with Crippen LogP contribution in [0.1, 0.15) is 43.2 Å². The van der Waals surface area contributed by atoms with Crippen LogP contribution in [0.3, 0.4) is 0 Å². The van der Waals surface area contributed by atoms with Gasteiger partial charge in [0.25, 0.3) is 0 Å². The highest BCUT2D eigenvalue weighted by molar-refractivity contribution is 6.13. The normalized spacial score (nSPS) is 14.3. The minimum absolute atomic E-state index is 0.143. The van der Waals surface area contributed by atoms with E-state index >= 15 is 0 Å². The van der Waals surface area contributed by atoms with Crippen molar-refractivity contribution in [2.24, 2.45) is 0 Å². The van der Waals surface area contributed by atoms with Crippen LogP contribution in [-0.2, 0) is 5.41 Å². The molecule has 5 nitrogen and oxygen atoms in total. The maximum absolute atomic E-state index is 6.30. The Bertz CT molecular complexity index is 3420. The number of nitrogens with zero attached hydrogens (tertiary/aromatic N) is 3. The molecule has 0 radical (unpaired) electrons. The van der Waals surface area contributed by atoms with Crippen molar-refractivity contribution in [1.29, 1.82) is 0 Å². The van der Waals surface area contributed by atoms with Crippen LogP contribution in [0, 0.1) is 0 Å². The molecule has 0 atom stereocenters. The van der Waals surface area contributed by atoms with Gasteiger partial charge in [-0.1, -0.05) is 171 Å². The summed E-state index contributed by atoms with van der Waals surface area (Å²) in [6.07, 6.45) is 6.38. The topological polar surface area (TPSA) is 65.0 Å². The van der Waals surface area contributed by atoms with E-state index < -0.39 is 0 Å². The molecule has 1 spiro atoms. The Morgan fingerprint density at radius 1 is 0.339 bits per heavy atom. The van der Waals surface area contributed by atoms with Gasteiger partial charge in [-0.2, -0.15) is 0 Å². The molecule has 3 heterocycles. The van der Waals surface area contributed by atoms with Gasteiger partial charge in [0.15, 0.2) is 17.5 Å². The number of para-hydroxylation sites is 2. The quantitative estimate of drug-likeness (QED) is 0.174. The largest absolute Gasteiger partial charge is 0.456 e. The lowest BCUT2D eigenvalue weighted by molar-refractivity contribution is 0.353. The number of rotatable bonds is 5. The number of hydrogen-bond acceptors (Lipinski definition) is 5. The molecule has 3 aromatic heterocycles. The van der Waals surface area contributed by atoms with Crippen LogP contribution in [0.25, 0.3) is 111 Å². The number of benzene rings is 8. The molecule has 2 aliphatic carbocycles. The standard InChI is InChI=1S/C57H39N3O2/c1-8-33-57(34-9-1)45-19-5-2-13-40(45)51-39(16-10-20-46(51)57)37-29-25-35(26-30-37)36-27-31-38(32-28-36)54-58-55(43-17-11-23-49-52(43)41-14-3-6-21-47(41)61-49)60-56(59-54)44-18-12-24-50-53(44)42-15-4-7-22-48(42)62-50/h2-7,10-32H,1,8-9,33-34H2. The zero-order valence-electron chi connectivity index (χ0n) is 33.9. The van der Waals surface area contributed by atoms with E-state index in [2.05, 4.69) is 115 Å². The van der Waals surface area contributed by atoms with Crippen molar-refractivity contribution in [2.45, 2.75) is 37.5 Å². The average molecular weight is 798 g/mol. The van der Waals surface area contributed by atoms with Crippen molar-refractivity contribution in [3.05, 3.63) is 187 Å². The average Bonchev–Trinajstić information content (AvgIpc) is 4.00. The first-order valence-corrected chi connectivity index (χ1v) is 21.7. The third-order valence-electron chi connectivity index (χ3n) is 13.6. The molecule has 294 valence electrons. The van der Waals surface area contributed by atoms with Gasteiger partial charge >= 0.3 is 0 Å². The number of fused-ring (bicyclic) bond motifs is 11. The number of hydrogen-bond donors (Lipinski definition) is 0. The second-order valence-electron chi connectivity index (χ2n) is 16.9. The summed E-state index contributed by atoms with van der Waals surface area (Å²) >= 11 is 0. The third-order valence-corrected chi connectivity index (χ3v) is 13.6. The highest BCUT2D eigenvalue weighted by Crippen LogP contribution is 2.58. The molecule has 11 aromatic rings. The van der Waals surface area contributed by atoms with Crippen LogP contribution in [0.5, 0.6) is 0 Å². The first kappa shape index (κ1) is 35.2. The molecule has 62 heavy (non-hydrogen) atoms. The lowest BCUT2D eigenvalue weighted by Crippen LogP contribution is -2.27. The van der Waals surface area contributed by atoms with Gasteiger partial charge in [0.1, 0.15) is 22.3 Å². The Labute approximate surface area is 358 Å².